The molecule has 2 nitrogen and oxygen atoms in total. The molecule has 0 spiro atoms. The molecule has 1 aliphatic rings. The fourth-order valence-electron chi connectivity index (χ4n) is 2.55. The molecule has 124 valence electrons. The molecule has 1 aromatic rings. The second-order valence-electron chi connectivity index (χ2n) is 5.60. The molecule has 0 amide bonds. The molecule has 0 aromatic heterocycles. The van der Waals surface area contributed by atoms with E-state index in [1.54, 1.807) is 0 Å². The highest BCUT2D eigenvalue weighted by Crippen LogP contribution is 2.35. The SMILES string of the molecule is CCCC1COC(CCc2ccc(C(F)(F)F)c(Cl)c2)OC1. The van der Waals surface area contributed by atoms with Crippen LogP contribution in [0.3, 0.4) is 0 Å². The molecule has 0 aliphatic carbocycles. The van der Waals surface area contributed by atoms with Gasteiger partial charge in [-0.2, -0.15) is 13.2 Å². The van der Waals surface area contributed by atoms with Crippen LogP contribution in [-0.2, 0) is 22.1 Å². The third-order valence-electron chi connectivity index (χ3n) is 3.74. The van der Waals surface area contributed by atoms with Crippen molar-refractivity contribution in [3.8, 4) is 0 Å². The fraction of sp³-hybridized carbons (Fsp3) is 0.625. The number of aryl methyl sites for hydroxylation is 1. The molecule has 0 unspecified atom stereocenters. The minimum Gasteiger partial charge on any atom is -0.352 e. The average Bonchev–Trinajstić information content (AvgIpc) is 2.45. The quantitative estimate of drug-likeness (QED) is 0.746. The highest BCUT2D eigenvalue weighted by molar-refractivity contribution is 6.31. The van der Waals surface area contributed by atoms with Gasteiger partial charge in [0.15, 0.2) is 6.29 Å². The Morgan fingerprint density at radius 3 is 2.41 bits per heavy atom. The number of ether oxygens (including phenoxy) is 2. The first kappa shape index (κ1) is 17.6. The summed E-state index contributed by atoms with van der Waals surface area (Å²) in [6.45, 7) is 3.50. The Morgan fingerprint density at radius 2 is 1.86 bits per heavy atom. The molecule has 1 heterocycles. The van der Waals surface area contributed by atoms with Gasteiger partial charge in [-0.25, -0.2) is 0 Å². The molecule has 0 saturated carbocycles. The zero-order chi connectivity index (χ0) is 16.2. The predicted octanol–water partition coefficient (Wildman–Crippen LogP) is 5.08. The standard InChI is InChI=1S/C16H20ClF3O2/c1-2-3-12-9-21-15(22-10-12)7-5-11-4-6-13(14(17)8-11)16(18,19)20/h4,6,8,12,15H,2-3,5,7,9-10H2,1H3. The van der Waals surface area contributed by atoms with Crippen molar-refractivity contribution < 1.29 is 22.6 Å². The van der Waals surface area contributed by atoms with E-state index in [1.165, 1.54) is 12.1 Å². The van der Waals surface area contributed by atoms with Crippen molar-refractivity contribution in [3.63, 3.8) is 0 Å². The van der Waals surface area contributed by atoms with Gasteiger partial charge in [0.05, 0.1) is 23.8 Å². The Bertz CT molecular complexity index is 483. The summed E-state index contributed by atoms with van der Waals surface area (Å²) in [4.78, 5) is 0. The third-order valence-corrected chi connectivity index (χ3v) is 4.05. The summed E-state index contributed by atoms with van der Waals surface area (Å²) in [5.41, 5.74) is -0.0497. The molecule has 1 aliphatic heterocycles. The zero-order valence-corrected chi connectivity index (χ0v) is 13.2. The van der Waals surface area contributed by atoms with E-state index < -0.39 is 11.7 Å². The first-order valence-corrected chi connectivity index (χ1v) is 7.86. The molecule has 2 rings (SSSR count). The van der Waals surface area contributed by atoms with Crippen LogP contribution < -0.4 is 0 Å². The lowest BCUT2D eigenvalue weighted by Gasteiger charge is -2.29. The van der Waals surface area contributed by atoms with Crippen LogP contribution in [0.4, 0.5) is 13.2 Å². The molecule has 0 radical (unpaired) electrons. The van der Waals surface area contributed by atoms with Gasteiger partial charge in [-0.05, 0) is 30.5 Å². The number of hydrogen-bond acceptors (Lipinski definition) is 2. The Hall–Kier alpha value is -0.780. The molecule has 0 bridgehead atoms. The van der Waals surface area contributed by atoms with Crippen molar-refractivity contribution in [2.75, 3.05) is 13.2 Å². The van der Waals surface area contributed by atoms with Crippen molar-refractivity contribution in [3.05, 3.63) is 34.3 Å². The number of alkyl halides is 3. The lowest BCUT2D eigenvalue weighted by atomic mass is 10.0. The van der Waals surface area contributed by atoms with Gasteiger partial charge in [0, 0.05) is 12.3 Å². The largest absolute Gasteiger partial charge is 0.417 e. The highest BCUT2D eigenvalue weighted by atomic mass is 35.5. The summed E-state index contributed by atoms with van der Waals surface area (Å²) in [6.07, 6.45) is -1.33. The average molecular weight is 337 g/mol. The van der Waals surface area contributed by atoms with E-state index in [0.29, 0.717) is 32.0 Å². The second-order valence-corrected chi connectivity index (χ2v) is 6.01. The molecular weight excluding hydrogens is 317 g/mol. The van der Waals surface area contributed by atoms with E-state index in [9.17, 15) is 13.2 Å². The van der Waals surface area contributed by atoms with Crippen molar-refractivity contribution in [2.45, 2.75) is 45.1 Å². The van der Waals surface area contributed by atoms with Gasteiger partial charge in [-0.1, -0.05) is 31.0 Å². The first-order valence-electron chi connectivity index (χ1n) is 7.49. The highest BCUT2D eigenvalue weighted by Gasteiger charge is 2.33. The van der Waals surface area contributed by atoms with Gasteiger partial charge in [0.25, 0.3) is 0 Å². The molecule has 1 fully saturated rings. The summed E-state index contributed by atoms with van der Waals surface area (Å²) in [5, 5.41) is -0.265. The van der Waals surface area contributed by atoms with Crippen LogP contribution in [0.15, 0.2) is 18.2 Å². The van der Waals surface area contributed by atoms with Gasteiger partial charge in [0.1, 0.15) is 0 Å². The monoisotopic (exact) mass is 336 g/mol. The summed E-state index contributed by atoms with van der Waals surface area (Å²) in [7, 11) is 0. The van der Waals surface area contributed by atoms with E-state index in [-0.39, 0.29) is 11.3 Å². The number of benzene rings is 1. The van der Waals surface area contributed by atoms with Gasteiger partial charge < -0.3 is 9.47 Å². The Balaban J connectivity index is 1.84. The Kier molecular flexibility index (Phi) is 6.12. The summed E-state index contributed by atoms with van der Waals surface area (Å²) >= 11 is 5.71. The summed E-state index contributed by atoms with van der Waals surface area (Å²) in [6, 6.07) is 3.85. The van der Waals surface area contributed by atoms with Crippen LogP contribution in [0.25, 0.3) is 0 Å². The lowest BCUT2D eigenvalue weighted by molar-refractivity contribution is -0.203. The van der Waals surface area contributed by atoms with Gasteiger partial charge in [-0.3, -0.25) is 0 Å². The fourth-order valence-corrected chi connectivity index (χ4v) is 2.86. The molecule has 22 heavy (non-hydrogen) atoms. The van der Waals surface area contributed by atoms with Crippen LogP contribution >= 0.6 is 11.6 Å². The van der Waals surface area contributed by atoms with E-state index >= 15 is 0 Å². The predicted molar refractivity (Wildman–Crippen MR) is 78.9 cm³/mol. The van der Waals surface area contributed by atoms with E-state index in [0.717, 1.165) is 24.5 Å². The molecule has 0 atom stereocenters. The van der Waals surface area contributed by atoms with Crippen molar-refractivity contribution in [1.82, 2.24) is 0 Å². The van der Waals surface area contributed by atoms with Crippen LogP contribution in [0, 0.1) is 5.92 Å². The molecule has 1 aromatic carbocycles. The second kappa shape index (κ2) is 7.66. The first-order chi connectivity index (χ1) is 10.4. The molecule has 0 N–H and O–H groups in total. The maximum absolute atomic E-state index is 12.6. The normalized spacial score (nSPS) is 22.8. The third kappa shape index (κ3) is 4.86. The van der Waals surface area contributed by atoms with Crippen LogP contribution in [0.1, 0.15) is 37.3 Å². The van der Waals surface area contributed by atoms with Gasteiger partial charge in [-0.15, -0.1) is 0 Å². The molecule has 1 saturated heterocycles. The Labute approximate surface area is 133 Å². The van der Waals surface area contributed by atoms with Crippen molar-refractivity contribution in [1.29, 1.82) is 0 Å². The van der Waals surface area contributed by atoms with Crippen LogP contribution in [0.5, 0.6) is 0 Å². The smallest absolute Gasteiger partial charge is 0.352 e. The lowest BCUT2D eigenvalue weighted by Crippen LogP contribution is -2.32. The van der Waals surface area contributed by atoms with E-state index in [4.69, 9.17) is 21.1 Å². The van der Waals surface area contributed by atoms with Crippen LogP contribution in [-0.4, -0.2) is 19.5 Å². The van der Waals surface area contributed by atoms with E-state index in [1.807, 2.05) is 0 Å². The van der Waals surface area contributed by atoms with Gasteiger partial charge >= 0.3 is 6.18 Å². The maximum Gasteiger partial charge on any atom is 0.417 e. The topological polar surface area (TPSA) is 18.5 Å². The van der Waals surface area contributed by atoms with Crippen molar-refractivity contribution in [2.24, 2.45) is 5.92 Å². The van der Waals surface area contributed by atoms with Crippen LogP contribution in [0.2, 0.25) is 5.02 Å². The zero-order valence-electron chi connectivity index (χ0n) is 12.5. The summed E-state index contributed by atoms with van der Waals surface area (Å²) in [5.74, 6) is 0.446. The number of rotatable bonds is 5. The summed E-state index contributed by atoms with van der Waals surface area (Å²) < 4.78 is 49.2. The maximum atomic E-state index is 12.6. The number of hydrogen-bond donors (Lipinski definition) is 0. The van der Waals surface area contributed by atoms with E-state index in [2.05, 4.69) is 6.92 Å². The minimum absolute atomic E-state index is 0.265. The minimum atomic E-state index is -4.42. The number of halogens is 4. The van der Waals surface area contributed by atoms with Gasteiger partial charge in [0.2, 0.25) is 0 Å². The van der Waals surface area contributed by atoms with Crippen molar-refractivity contribution >= 4 is 11.6 Å². The Morgan fingerprint density at radius 1 is 1.18 bits per heavy atom. The molecular formula is C16H20ClF3O2. The molecule has 6 heteroatoms.